The monoisotopic (exact) mass is 632 g/mol. The third-order valence-corrected chi connectivity index (χ3v) is 9.08. The van der Waals surface area contributed by atoms with Crippen LogP contribution in [-0.2, 0) is 24.3 Å². The second-order valence-electron chi connectivity index (χ2n) is 11.1. The molecule has 44 heavy (non-hydrogen) atoms. The minimum Gasteiger partial charge on any atom is -0.480 e. The fraction of sp³-hybridized carbons (Fsp3) is 0.533. The lowest BCUT2D eigenvalue weighted by molar-refractivity contribution is -0.139. The predicted octanol–water partition coefficient (Wildman–Crippen LogP) is 2.33. The molecule has 1 aromatic heterocycles. The minimum absolute atomic E-state index is 0.0105. The summed E-state index contributed by atoms with van der Waals surface area (Å²) in [5.41, 5.74) is 1.87. The SMILES string of the molecule is CCCCCNC(=O)N1C[C@H](OCC(=O)NC[C@H](NS(=O)(=O)c2c(C)cc(C)cc2C)C(=O)O)C[C@H]1CNc1ccccn1. The van der Waals surface area contributed by atoms with E-state index in [9.17, 15) is 27.9 Å². The van der Waals surface area contributed by atoms with Crippen molar-refractivity contribution in [3.63, 3.8) is 0 Å². The molecule has 2 aromatic rings. The van der Waals surface area contributed by atoms with Gasteiger partial charge >= 0.3 is 12.0 Å². The maximum Gasteiger partial charge on any atom is 0.323 e. The molecule has 2 heterocycles. The van der Waals surface area contributed by atoms with Crippen LogP contribution in [0.1, 0.15) is 49.3 Å². The number of ether oxygens (including phenoxy) is 1. The van der Waals surface area contributed by atoms with Crippen LogP contribution in [0.25, 0.3) is 0 Å². The summed E-state index contributed by atoms with van der Waals surface area (Å²) >= 11 is 0. The van der Waals surface area contributed by atoms with Gasteiger partial charge in [0, 0.05) is 32.4 Å². The van der Waals surface area contributed by atoms with E-state index < -0.39 is 40.6 Å². The standard InChI is InChI=1S/C30H44N6O7S/c1-5-6-8-12-32-30(40)36-18-24(15-23(36)16-33-26-10-7-9-11-31-26)43-19-27(37)34-17-25(29(38)39)35-44(41,42)28-21(3)13-20(2)14-22(28)4/h7,9-11,13-14,23-25,35H,5-6,8,12,15-19H2,1-4H3,(H,31,33)(H,32,40)(H,34,37)(H,38,39)/t23-,24+,25-/m0/s1. The molecule has 1 aliphatic rings. The summed E-state index contributed by atoms with van der Waals surface area (Å²) in [4.78, 5) is 43.4. The molecule has 0 aliphatic carbocycles. The van der Waals surface area contributed by atoms with E-state index in [0.717, 1.165) is 24.8 Å². The molecule has 0 bridgehead atoms. The Balaban J connectivity index is 1.55. The maximum absolute atomic E-state index is 13.0. The van der Waals surface area contributed by atoms with Crippen LogP contribution in [0, 0.1) is 20.8 Å². The van der Waals surface area contributed by atoms with E-state index in [1.54, 1.807) is 37.1 Å². The summed E-state index contributed by atoms with van der Waals surface area (Å²) in [6.07, 6.45) is 4.65. The number of aromatic nitrogens is 1. The number of hydrogen-bond acceptors (Lipinski definition) is 8. The average Bonchev–Trinajstić information content (AvgIpc) is 3.38. The lowest BCUT2D eigenvalue weighted by atomic mass is 10.1. The van der Waals surface area contributed by atoms with E-state index in [4.69, 9.17) is 4.74 Å². The molecule has 0 unspecified atom stereocenters. The minimum atomic E-state index is -4.18. The maximum atomic E-state index is 13.0. The highest BCUT2D eigenvalue weighted by Crippen LogP contribution is 2.23. The number of carbonyl (C=O) groups is 3. The van der Waals surface area contributed by atoms with Crippen molar-refractivity contribution >= 4 is 33.7 Å². The van der Waals surface area contributed by atoms with Crippen LogP contribution in [0.5, 0.6) is 0 Å². The number of amides is 3. The molecule has 3 amide bonds. The molecule has 13 nitrogen and oxygen atoms in total. The van der Waals surface area contributed by atoms with Gasteiger partial charge in [0.2, 0.25) is 15.9 Å². The topological polar surface area (TPSA) is 179 Å². The van der Waals surface area contributed by atoms with Gasteiger partial charge in [-0.2, -0.15) is 4.72 Å². The molecule has 0 radical (unpaired) electrons. The number of hydrogen-bond donors (Lipinski definition) is 5. The second-order valence-corrected chi connectivity index (χ2v) is 12.7. The van der Waals surface area contributed by atoms with Gasteiger partial charge in [-0.05, 0) is 56.9 Å². The Hall–Kier alpha value is -3.75. The number of unbranched alkanes of at least 4 members (excludes halogenated alkanes) is 2. The number of aliphatic carboxylic acids is 1. The molecular weight excluding hydrogens is 588 g/mol. The fourth-order valence-corrected chi connectivity index (χ4v) is 6.92. The lowest BCUT2D eigenvalue weighted by Gasteiger charge is -2.25. The van der Waals surface area contributed by atoms with Crippen molar-refractivity contribution in [2.24, 2.45) is 0 Å². The summed E-state index contributed by atoms with van der Waals surface area (Å²) in [6, 6.07) is 6.89. The van der Waals surface area contributed by atoms with Crippen molar-refractivity contribution in [3.8, 4) is 0 Å². The first kappa shape index (κ1) is 34.7. The Morgan fingerprint density at radius 1 is 1.11 bits per heavy atom. The summed E-state index contributed by atoms with van der Waals surface area (Å²) in [5, 5.41) is 18.3. The molecule has 1 saturated heterocycles. The van der Waals surface area contributed by atoms with Crippen molar-refractivity contribution in [2.75, 3.05) is 38.1 Å². The highest BCUT2D eigenvalue weighted by molar-refractivity contribution is 7.89. The van der Waals surface area contributed by atoms with Crippen LogP contribution in [0.15, 0.2) is 41.4 Å². The third kappa shape index (κ3) is 10.2. The van der Waals surface area contributed by atoms with Crippen molar-refractivity contribution in [2.45, 2.75) is 76.5 Å². The molecule has 1 aliphatic heterocycles. The number of rotatable bonds is 16. The van der Waals surface area contributed by atoms with Gasteiger partial charge in [0.25, 0.3) is 0 Å². The zero-order valence-electron chi connectivity index (χ0n) is 25.8. The van der Waals surface area contributed by atoms with E-state index in [0.29, 0.717) is 36.5 Å². The fourth-order valence-electron chi connectivity index (χ4n) is 5.27. The molecular formula is C30H44N6O7S. The quantitative estimate of drug-likeness (QED) is 0.174. The first-order chi connectivity index (χ1) is 20.9. The van der Waals surface area contributed by atoms with Crippen LogP contribution >= 0.6 is 0 Å². The van der Waals surface area contributed by atoms with Crippen molar-refractivity contribution in [3.05, 3.63) is 53.2 Å². The van der Waals surface area contributed by atoms with E-state index in [2.05, 4.69) is 32.6 Å². The van der Waals surface area contributed by atoms with Gasteiger partial charge in [0.05, 0.1) is 17.0 Å². The summed E-state index contributed by atoms with van der Waals surface area (Å²) < 4.78 is 34.1. The highest BCUT2D eigenvalue weighted by atomic mass is 32.2. The van der Waals surface area contributed by atoms with Crippen LogP contribution in [0.3, 0.4) is 0 Å². The number of nitrogens with one attached hydrogen (secondary N) is 4. The Bertz CT molecular complexity index is 1370. The summed E-state index contributed by atoms with van der Waals surface area (Å²) in [7, 11) is -4.18. The van der Waals surface area contributed by atoms with E-state index in [-0.39, 0.29) is 30.1 Å². The van der Waals surface area contributed by atoms with Gasteiger partial charge in [-0.25, -0.2) is 18.2 Å². The highest BCUT2D eigenvalue weighted by Gasteiger charge is 2.36. The molecule has 14 heteroatoms. The first-order valence-corrected chi connectivity index (χ1v) is 16.3. The predicted molar refractivity (Wildman–Crippen MR) is 166 cm³/mol. The van der Waals surface area contributed by atoms with Gasteiger partial charge in [-0.3, -0.25) is 9.59 Å². The van der Waals surface area contributed by atoms with Crippen LogP contribution < -0.4 is 20.7 Å². The second kappa shape index (κ2) is 16.4. The number of carboxylic acids is 1. The van der Waals surface area contributed by atoms with E-state index in [1.807, 2.05) is 25.1 Å². The number of benzene rings is 1. The van der Waals surface area contributed by atoms with Gasteiger partial charge < -0.3 is 30.7 Å². The van der Waals surface area contributed by atoms with E-state index in [1.165, 1.54) is 0 Å². The molecule has 1 fully saturated rings. The van der Waals surface area contributed by atoms with Crippen LogP contribution in [0.2, 0.25) is 0 Å². The number of sulfonamides is 1. The molecule has 3 atom stereocenters. The Morgan fingerprint density at radius 3 is 2.48 bits per heavy atom. The van der Waals surface area contributed by atoms with Crippen LogP contribution in [-0.4, -0.2) is 92.3 Å². The largest absolute Gasteiger partial charge is 0.480 e. The van der Waals surface area contributed by atoms with Crippen LogP contribution in [0.4, 0.5) is 10.6 Å². The first-order valence-electron chi connectivity index (χ1n) is 14.8. The van der Waals surface area contributed by atoms with Crippen molar-refractivity contribution in [1.82, 2.24) is 25.2 Å². The number of carbonyl (C=O) groups excluding carboxylic acids is 2. The molecule has 242 valence electrons. The van der Waals surface area contributed by atoms with Crippen molar-refractivity contribution < 1.29 is 32.6 Å². The molecule has 1 aromatic carbocycles. The number of carboxylic acid groups (broad SMARTS) is 1. The number of likely N-dealkylation sites (tertiary alicyclic amines) is 1. The number of urea groups is 1. The Morgan fingerprint density at radius 2 is 1.84 bits per heavy atom. The normalized spacial score (nSPS) is 17.2. The number of pyridine rings is 1. The van der Waals surface area contributed by atoms with Crippen molar-refractivity contribution in [1.29, 1.82) is 0 Å². The number of anilines is 1. The zero-order valence-corrected chi connectivity index (χ0v) is 26.6. The number of aryl methyl sites for hydroxylation is 3. The van der Waals surface area contributed by atoms with Gasteiger partial charge in [-0.1, -0.05) is 43.5 Å². The Kier molecular flexibility index (Phi) is 12.9. The smallest absolute Gasteiger partial charge is 0.323 e. The molecule has 0 spiro atoms. The van der Waals surface area contributed by atoms with E-state index >= 15 is 0 Å². The summed E-state index contributed by atoms with van der Waals surface area (Å²) in [5.74, 6) is -1.36. The van der Waals surface area contributed by atoms with Gasteiger partial charge in [-0.15, -0.1) is 0 Å². The lowest BCUT2D eigenvalue weighted by Crippen LogP contribution is -2.49. The molecule has 0 saturated carbocycles. The molecule has 5 N–H and O–H groups in total. The average molecular weight is 633 g/mol. The van der Waals surface area contributed by atoms with Gasteiger partial charge in [0.15, 0.2) is 0 Å². The summed E-state index contributed by atoms with van der Waals surface area (Å²) in [6.45, 7) is 7.63. The number of nitrogens with zero attached hydrogens (tertiary/aromatic N) is 2. The van der Waals surface area contributed by atoms with Gasteiger partial charge in [0.1, 0.15) is 18.5 Å². The Labute approximate surface area is 259 Å². The molecule has 3 rings (SSSR count). The zero-order chi connectivity index (χ0) is 32.3. The third-order valence-electron chi connectivity index (χ3n) is 7.30.